The van der Waals surface area contributed by atoms with E-state index in [1.165, 1.54) is 0 Å². The van der Waals surface area contributed by atoms with Gasteiger partial charge in [-0.2, -0.15) is 0 Å². The number of aromatic nitrogens is 2. The highest BCUT2D eigenvalue weighted by Crippen LogP contribution is 2.23. The number of halogens is 1. The smallest absolute Gasteiger partial charge is 0.222 e. The molecule has 0 saturated carbocycles. The number of alkyl halides is 1. The summed E-state index contributed by atoms with van der Waals surface area (Å²) in [5.41, 5.74) is 1.31. The molecule has 0 radical (unpaired) electrons. The number of rotatable bonds is 4. The molecule has 0 amide bonds. The van der Waals surface area contributed by atoms with Crippen LogP contribution in [0.2, 0.25) is 0 Å². The van der Waals surface area contributed by atoms with Gasteiger partial charge in [0.15, 0.2) is 0 Å². The molecule has 0 aliphatic rings. The van der Waals surface area contributed by atoms with Crippen molar-refractivity contribution in [2.75, 3.05) is 11.9 Å². The molecule has 0 bridgehead atoms. The molecule has 3 nitrogen and oxygen atoms in total. The second-order valence-electron chi connectivity index (χ2n) is 5.33. The predicted octanol–water partition coefficient (Wildman–Crippen LogP) is 3.24. The quantitative estimate of drug-likeness (QED) is 0.823. The molecule has 16 heavy (non-hydrogen) atoms. The number of anilines is 1. The highest BCUT2D eigenvalue weighted by molar-refractivity contribution is 6.20. The molecule has 90 valence electrons. The Bertz CT molecular complexity index is 316. The molecular weight excluding hydrogens is 222 g/mol. The Morgan fingerprint density at radius 2 is 1.88 bits per heavy atom. The van der Waals surface area contributed by atoms with Crippen LogP contribution in [0.25, 0.3) is 0 Å². The van der Waals surface area contributed by atoms with E-state index in [1.807, 2.05) is 6.92 Å². The van der Waals surface area contributed by atoms with E-state index in [-0.39, 0.29) is 10.8 Å². The van der Waals surface area contributed by atoms with E-state index in [0.717, 1.165) is 12.0 Å². The van der Waals surface area contributed by atoms with E-state index in [2.05, 4.69) is 36.1 Å². The highest BCUT2D eigenvalue weighted by Gasteiger charge is 2.16. The third kappa shape index (κ3) is 5.31. The molecule has 0 fully saturated rings. The Morgan fingerprint density at radius 3 is 2.38 bits per heavy atom. The second-order valence-corrected chi connectivity index (χ2v) is 5.94. The summed E-state index contributed by atoms with van der Waals surface area (Å²) >= 11 is 6.23. The third-order valence-corrected chi connectivity index (χ3v) is 2.41. The van der Waals surface area contributed by atoms with Crippen LogP contribution in [0.15, 0.2) is 12.4 Å². The monoisotopic (exact) mass is 241 g/mol. The summed E-state index contributed by atoms with van der Waals surface area (Å²) in [6.45, 7) is 9.22. The largest absolute Gasteiger partial charge is 0.353 e. The molecule has 0 aromatic carbocycles. The third-order valence-electron chi connectivity index (χ3n) is 2.10. The van der Waals surface area contributed by atoms with Crippen LogP contribution in [0.5, 0.6) is 0 Å². The highest BCUT2D eigenvalue weighted by atomic mass is 35.5. The molecular formula is C12H20ClN3. The Kier molecular flexibility index (Phi) is 4.54. The van der Waals surface area contributed by atoms with Gasteiger partial charge in [-0.3, -0.25) is 0 Å². The molecule has 0 aliphatic heterocycles. The van der Waals surface area contributed by atoms with Gasteiger partial charge in [0.25, 0.3) is 0 Å². The number of nitrogens with zero attached hydrogens (tertiary/aromatic N) is 2. The molecule has 0 spiro atoms. The number of nitrogens with one attached hydrogen (secondary N) is 1. The first-order valence-corrected chi connectivity index (χ1v) is 5.97. The predicted molar refractivity (Wildman–Crippen MR) is 69.0 cm³/mol. The lowest BCUT2D eigenvalue weighted by atomic mass is 9.90. The van der Waals surface area contributed by atoms with Crippen molar-refractivity contribution in [1.82, 2.24) is 9.97 Å². The van der Waals surface area contributed by atoms with Crippen LogP contribution in [0.1, 0.15) is 32.8 Å². The average molecular weight is 242 g/mol. The van der Waals surface area contributed by atoms with Gasteiger partial charge in [-0.1, -0.05) is 20.8 Å². The van der Waals surface area contributed by atoms with Crippen LogP contribution in [0.4, 0.5) is 5.95 Å². The Hall–Kier alpha value is -0.830. The van der Waals surface area contributed by atoms with E-state index in [9.17, 15) is 0 Å². The van der Waals surface area contributed by atoms with Crippen molar-refractivity contribution >= 4 is 17.5 Å². The van der Waals surface area contributed by atoms with Crippen molar-refractivity contribution in [3.63, 3.8) is 0 Å². The minimum Gasteiger partial charge on any atom is -0.353 e. The maximum Gasteiger partial charge on any atom is 0.222 e. The van der Waals surface area contributed by atoms with E-state index in [0.29, 0.717) is 12.5 Å². The van der Waals surface area contributed by atoms with Gasteiger partial charge < -0.3 is 5.32 Å². The Balaban J connectivity index is 2.37. The van der Waals surface area contributed by atoms with Crippen LogP contribution in [-0.4, -0.2) is 21.9 Å². The van der Waals surface area contributed by atoms with Gasteiger partial charge in [0.05, 0.1) is 5.38 Å². The zero-order valence-corrected chi connectivity index (χ0v) is 11.2. The summed E-state index contributed by atoms with van der Waals surface area (Å²) in [5, 5.41) is 3.24. The van der Waals surface area contributed by atoms with Crippen molar-refractivity contribution in [2.24, 2.45) is 5.41 Å². The standard InChI is InChI=1S/C12H20ClN3/c1-9-6-14-11(15-7-9)16-8-10(13)5-12(2,3)4/h6-7,10H,5,8H2,1-4H3,(H,14,15,16). The van der Waals surface area contributed by atoms with Crippen LogP contribution in [0.3, 0.4) is 0 Å². The summed E-state index contributed by atoms with van der Waals surface area (Å²) in [6.07, 6.45) is 4.55. The zero-order chi connectivity index (χ0) is 12.2. The fourth-order valence-electron chi connectivity index (χ4n) is 1.42. The molecule has 1 aromatic heterocycles. The van der Waals surface area contributed by atoms with E-state index >= 15 is 0 Å². The van der Waals surface area contributed by atoms with Gasteiger partial charge in [0, 0.05) is 18.9 Å². The van der Waals surface area contributed by atoms with Crippen LogP contribution >= 0.6 is 11.6 Å². The molecule has 1 aromatic rings. The zero-order valence-electron chi connectivity index (χ0n) is 10.4. The minimum absolute atomic E-state index is 0.102. The average Bonchev–Trinajstić information content (AvgIpc) is 2.14. The van der Waals surface area contributed by atoms with Gasteiger partial charge in [-0.15, -0.1) is 11.6 Å². The van der Waals surface area contributed by atoms with E-state index in [1.54, 1.807) is 12.4 Å². The topological polar surface area (TPSA) is 37.8 Å². The summed E-state index contributed by atoms with van der Waals surface area (Å²) in [4.78, 5) is 8.33. The summed E-state index contributed by atoms with van der Waals surface area (Å²) in [7, 11) is 0. The number of aryl methyl sites for hydroxylation is 1. The second kappa shape index (κ2) is 5.48. The summed E-state index contributed by atoms with van der Waals surface area (Å²) in [5.74, 6) is 0.644. The van der Waals surface area contributed by atoms with Crippen molar-refractivity contribution in [2.45, 2.75) is 39.5 Å². The molecule has 1 N–H and O–H groups in total. The first kappa shape index (κ1) is 13.2. The normalized spacial score (nSPS) is 13.6. The van der Waals surface area contributed by atoms with Crippen molar-refractivity contribution in [3.8, 4) is 0 Å². The van der Waals surface area contributed by atoms with Gasteiger partial charge in [0.1, 0.15) is 0 Å². The molecule has 1 rings (SSSR count). The van der Waals surface area contributed by atoms with Gasteiger partial charge in [-0.05, 0) is 24.3 Å². The lowest BCUT2D eigenvalue weighted by molar-refractivity contribution is 0.373. The summed E-state index contributed by atoms with van der Waals surface area (Å²) < 4.78 is 0. The Labute approximate surface area is 103 Å². The maximum absolute atomic E-state index is 6.23. The lowest BCUT2D eigenvalue weighted by Crippen LogP contribution is -2.21. The van der Waals surface area contributed by atoms with Gasteiger partial charge in [-0.25, -0.2) is 9.97 Å². The molecule has 1 atom stereocenters. The molecule has 1 unspecified atom stereocenters. The SMILES string of the molecule is Cc1cnc(NCC(Cl)CC(C)(C)C)nc1. The van der Waals surface area contributed by atoms with Crippen LogP contribution < -0.4 is 5.32 Å². The fraction of sp³-hybridized carbons (Fsp3) is 0.667. The first-order valence-electron chi connectivity index (χ1n) is 5.53. The lowest BCUT2D eigenvalue weighted by Gasteiger charge is -2.21. The molecule has 1 heterocycles. The van der Waals surface area contributed by atoms with Crippen molar-refractivity contribution < 1.29 is 0 Å². The summed E-state index contributed by atoms with van der Waals surface area (Å²) in [6, 6.07) is 0. The van der Waals surface area contributed by atoms with Gasteiger partial charge >= 0.3 is 0 Å². The molecule has 4 heteroatoms. The van der Waals surface area contributed by atoms with Crippen molar-refractivity contribution in [1.29, 1.82) is 0 Å². The van der Waals surface area contributed by atoms with E-state index in [4.69, 9.17) is 11.6 Å². The van der Waals surface area contributed by atoms with Crippen molar-refractivity contribution in [3.05, 3.63) is 18.0 Å². The van der Waals surface area contributed by atoms with E-state index < -0.39 is 0 Å². The van der Waals surface area contributed by atoms with Gasteiger partial charge in [0.2, 0.25) is 5.95 Å². The molecule has 0 saturated heterocycles. The minimum atomic E-state index is 0.102. The number of hydrogen-bond acceptors (Lipinski definition) is 3. The maximum atomic E-state index is 6.23. The van der Waals surface area contributed by atoms with Crippen LogP contribution in [0, 0.1) is 12.3 Å². The fourth-order valence-corrected chi connectivity index (χ4v) is 1.96. The Morgan fingerprint density at radius 1 is 1.31 bits per heavy atom. The van der Waals surface area contributed by atoms with Crippen LogP contribution in [-0.2, 0) is 0 Å². The number of hydrogen-bond donors (Lipinski definition) is 1. The molecule has 0 aliphatic carbocycles. The first-order chi connectivity index (χ1) is 7.37.